The van der Waals surface area contributed by atoms with Gasteiger partial charge in [-0.15, -0.1) is 11.3 Å². The molecule has 0 radical (unpaired) electrons. The van der Waals surface area contributed by atoms with E-state index in [9.17, 15) is 4.79 Å². The zero-order chi connectivity index (χ0) is 22.8. The topological polar surface area (TPSA) is 48.7 Å². The average Bonchev–Trinajstić information content (AvgIpc) is 3.50. The minimum absolute atomic E-state index is 0.122. The number of hydrogen-bond donors (Lipinski definition) is 1. The Morgan fingerprint density at radius 1 is 1.06 bits per heavy atom. The second-order valence-electron chi connectivity index (χ2n) is 8.19. The van der Waals surface area contributed by atoms with Gasteiger partial charge in [-0.05, 0) is 47.8 Å². The van der Waals surface area contributed by atoms with Crippen LogP contribution in [0.5, 0.6) is 0 Å². The predicted octanol–water partition coefficient (Wildman–Crippen LogP) is 6.13. The number of carbonyl (C=O) groups is 1. The number of furan rings is 1. The van der Waals surface area contributed by atoms with Gasteiger partial charge in [0, 0.05) is 36.6 Å². The predicted molar refractivity (Wildman–Crippen MR) is 135 cm³/mol. The van der Waals surface area contributed by atoms with Gasteiger partial charge in [-0.1, -0.05) is 48.9 Å². The first-order valence-corrected chi connectivity index (χ1v) is 12.5. The molecule has 170 valence electrons. The molecule has 0 unspecified atom stereocenters. The maximum Gasteiger partial charge on any atom is 0.265 e. The molecule has 1 amide bonds. The lowest BCUT2D eigenvalue weighted by atomic mass is 10.00. The third kappa shape index (κ3) is 4.57. The van der Waals surface area contributed by atoms with Crippen LogP contribution < -0.4 is 5.32 Å². The fourth-order valence-corrected chi connectivity index (χ4v) is 5.22. The number of likely N-dealkylation sites (N-methyl/N-ethyl adjacent to an activating group) is 1. The number of nitrogens with zero attached hydrogens (tertiary/aromatic N) is 2. The summed E-state index contributed by atoms with van der Waals surface area (Å²) in [5.41, 5.74) is 2.59. The smallest absolute Gasteiger partial charge is 0.265 e. The molecule has 5 nitrogen and oxygen atoms in total. The number of thiophene rings is 1. The van der Waals surface area contributed by atoms with E-state index in [1.54, 1.807) is 0 Å². The zero-order valence-electron chi connectivity index (χ0n) is 18.5. The Bertz CT molecular complexity index is 1230. The molecule has 1 aliphatic rings. The molecule has 1 saturated heterocycles. The van der Waals surface area contributed by atoms with E-state index in [0.717, 1.165) is 60.7 Å². The molecule has 33 heavy (non-hydrogen) atoms. The van der Waals surface area contributed by atoms with E-state index >= 15 is 0 Å². The number of carbonyl (C=O) groups excluding carboxylic acids is 1. The summed E-state index contributed by atoms with van der Waals surface area (Å²) >= 11 is 7.64. The van der Waals surface area contributed by atoms with Crippen molar-refractivity contribution in [2.24, 2.45) is 0 Å². The van der Waals surface area contributed by atoms with E-state index in [-0.39, 0.29) is 11.9 Å². The molecule has 1 fully saturated rings. The first-order valence-electron chi connectivity index (χ1n) is 11.2. The van der Waals surface area contributed by atoms with E-state index in [2.05, 4.69) is 34.2 Å². The molecule has 0 spiro atoms. The molecule has 7 heteroatoms. The highest BCUT2D eigenvalue weighted by molar-refractivity contribution is 7.12. The largest absolute Gasteiger partial charge is 0.457 e. The molecule has 4 aromatic rings. The monoisotopic (exact) mass is 479 g/mol. The number of hydrogen-bond acceptors (Lipinski definition) is 5. The number of para-hydroxylation sites is 1. The summed E-state index contributed by atoms with van der Waals surface area (Å²) in [6.07, 6.45) is 0. The van der Waals surface area contributed by atoms with Gasteiger partial charge in [0.05, 0.1) is 16.6 Å². The molecular formula is C26H26ClN3O2S. The standard InChI is InChI=1S/C26H26ClN3O2S/c1-2-29-13-15-30(16-14-29)24(18-9-11-19(27)12-10-18)25-23(20-6-3-4-7-21(20)32-25)28-26(31)22-8-5-17-33-22/h3-12,17,24H,2,13-16H2,1H3,(H,28,31)/t24-/m0/s1. The van der Waals surface area contributed by atoms with Crippen LogP contribution in [-0.2, 0) is 0 Å². The Kier molecular flexibility index (Phi) is 6.51. The second-order valence-corrected chi connectivity index (χ2v) is 9.58. The lowest BCUT2D eigenvalue weighted by Gasteiger charge is -2.38. The lowest BCUT2D eigenvalue weighted by molar-refractivity contribution is 0.102. The Morgan fingerprint density at radius 3 is 2.52 bits per heavy atom. The Labute approximate surface area is 202 Å². The summed E-state index contributed by atoms with van der Waals surface area (Å²) in [4.78, 5) is 18.6. The van der Waals surface area contributed by atoms with E-state index < -0.39 is 0 Å². The zero-order valence-corrected chi connectivity index (χ0v) is 20.0. The number of nitrogens with one attached hydrogen (secondary N) is 1. The number of rotatable bonds is 6. The summed E-state index contributed by atoms with van der Waals surface area (Å²) < 4.78 is 6.47. The number of piperazine rings is 1. The van der Waals surface area contributed by atoms with Crippen molar-refractivity contribution in [3.63, 3.8) is 0 Å². The number of benzene rings is 2. The Hall–Kier alpha value is -2.64. The van der Waals surface area contributed by atoms with Crippen LogP contribution in [0.25, 0.3) is 11.0 Å². The van der Waals surface area contributed by atoms with Gasteiger partial charge in [0.25, 0.3) is 5.91 Å². The number of fused-ring (bicyclic) bond motifs is 1. The van der Waals surface area contributed by atoms with Crippen molar-refractivity contribution in [3.05, 3.63) is 87.3 Å². The van der Waals surface area contributed by atoms with Gasteiger partial charge in [-0.3, -0.25) is 9.69 Å². The molecule has 1 aliphatic heterocycles. The Morgan fingerprint density at radius 2 is 1.82 bits per heavy atom. The van der Waals surface area contributed by atoms with Crippen molar-refractivity contribution in [1.82, 2.24) is 9.80 Å². The van der Waals surface area contributed by atoms with Gasteiger partial charge in [-0.2, -0.15) is 0 Å². The first kappa shape index (κ1) is 22.2. The van der Waals surface area contributed by atoms with Crippen molar-refractivity contribution in [2.75, 3.05) is 38.0 Å². The highest BCUT2D eigenvalue weighted by Crippen LogP contribution is 2.41. The van der Waals surface area contributed by atoms with Crippen LogP contribution >= 0.6 is 22.9 Å². The maximum atomic E-state index is 13.1. The summed E-state index contributed by atoms with van der Waals surface area (Å²) in [5, 5.41) is 6.69. The fourth-order valence-electron chi connectivity index (χ4n) is 4.48. The van der Waals surface area contributed by atoms with Crippen molar-refractivity contribution >= 4 is 45.5 Å². The van der Waals surface area contributed by atoms with Crippen molar-refractivity contribution < 1.29 is 9.21 Å². The first-order chi connectivity index (χ1) is 16.1. The van der Waals surface area contributed by atoms with Crippen molar-refractivity contribution in [1.29, 1.82) is 0 Å². The fraction of sp³-hybridized carbons (Fsp3) is 0.269. The van der Waals surface area contributed by atoms with Gasteiger partial charge in [0.2, 0.25) is 0 Å². The average molecular weight is 480 g/mol. The van der Waals surface area contributed by atoms with Crippen LogP contribution in [0, 0.1) is 0 Å². The molecule has 0 bridgehead atoms. The molecule has 0 aliphatic carbocycles. The summed E-state index contributed by atoms with van der Waals surface area (Å²) in [6, 6.07) is 19.4. The molecule has 3 heterocycles. The molecule has 1 N–H and O–H groups in total. The van der Waals surface area contributed by atoms with E-state index in [1.807, 2.05) is 53.9 Å². The third-order valence-electron chi connectivity index (χ3n) is 6.26. The van der Waals surface area contributed by atoms with Gasteiger partial charge in [0.1, 0.15) is 11.3 Å². The van der Waals surface area contributed by atoms with Crippen LogP contribution in [0.1, 0.15) is 34.0 Å². The molecule has 0 saturated carbocycles. The lowest BCUT2D eigenvalue weighted by Crippen LogP contribution is -2.47. The number of anilines is 1. The summed E-state index contributed by atoms with van der Waals surface area (Å²) in [6.45, 7) is 7.07. The normalized spacial score (nSPS) is 16.2. The van der Waals surface area contributed by atoms with Crippen LogP contribution in [0.4, 0.5) is 5.69 Å². The highest BCUT2D eigenvalue weighted by Gasteiger charge is 2.32. The quantitative estimate of drug-likeness (QED) is 0.361. The highest BCUT2D eigenvalue weighted by atomic mass is 35.5. The van der Waals surface area contributed by atoms with Gasteiger partial charge >= 0.3 is 0 Å². The SMILES string of the molecule is CCN1CCN([C@@H](c2ccc(Cl)cc2)c2oc3ccccc3c2NC(=O)c2cccs2)CC1. The van der Waals surface area contributed by atoms with E-state index in [0.29, 0.717) is 9.90 Å². The molecule has 2 aromatic heterocycles. The minimum Gasteiger partial charge on any atom is -0.457 e. The van der Waals surface area contributed by atoms with Gasteiger partial charge in [0.15, 0.2) is 0 Å². The molecular weight excluding hydrogens is 454 g/mol. The van der Waals surface area contributed by atoms with Crippen LogP contribution in [0.3, 0.4) is 0 Å². The van der Waals surface area contributed by atoms with Crippen LogP contribution in [0.2, 0.25) is 5.02 Å². The maximum absolute atomic E-state index is 13.1. The van der Waals surface area contributed by atoms with E-state index in [4.69, 9.17) is 16.0 Å². The number of amides is 1. The van der Waals surface area contributed by atoms with Crippen molar-refractivity contribution in [3.8, 4) is 0 Å². The summed E-state index contributed by atoms with van der Waals surface area (Å²) in [5.74, 6) is 0.636. The minimum atomic E-state index is -0.132. The Balaban J connectivity index is 1.60. The second kappa shape index (κ2) is 9.69. The van der Waals surface area contributed by atoms with E-state index in [1.165, 1.54) is 11.3 Å². The van der Waals surface area contributed by atoms with Gasteiger partial charge in [-0.25, -0.2) is 0 Å². The van der Waals surface area contributed by atoms with Crippen LogP contribution in [-0.4, -0.2) is 48.4 Å². The molecule has 1 atom stereocenters. The van der Waals surface area contributed by atoms with Gasteiger partial charge < -0.3 is 14.6 Å². The third-order valence-corrected chi connectivity index (χ3v) is 7.38. The molecule has 5 rings (SSSR count). The number of halogens is 1. The van der Waals surface area contributed by atoms with Crippen molar-refractivity contribution in [2.45, 2.75) is 13.0 Å². The van der Waals surface area contributed by atoms with Crippen LogP contribution in [0.15, 0.2) is 70.5 Å². The molecule has 2 aromatic carbocycles. The summed E-state index contributed by atoms with van der Waals surface area (Å²) in [7, 11) is 0.